The Labute approximate surface area is 92.1 Å². The molecule has 0 heterocycles. The summed E-state index contributed by atoms with van der Waals surface area (Å²) in [5, 5.41) is 29.4. The molecule has 0 rings (SSSR count). The highest BCUT2D eigenvalue weighted by molar-refractivity contribution is 5.22. The van der Waals surface area contributed by atoms with Crippen molar-refractivity contribution in [3.8, 4) is 11.8 Å². The molecule has 0 amide bonds. The molecule has 0 aromatic rings. The van der Waals surface area contributed by atoms with Crippen LogP contribution in [-0.2, 0) is 0 Å². The van der Waals surface area contributed by atoms with Crippen molar-refractivity contribution in [3.05, 3.63) is 0 Å². The first-order valence-electron chi connectivity index (χ1n) is 5.23. The Balaban J connectivity index is 4.87. The predicted octanol–water partition coefficient (Wildman–Crippen LogP) is 1.06. The average Bonchev–Trinajstić information content (AvgIpc) is 1.99. The second-order valence-electron chi connectivity index (χ2n) is 4.91. The van der Waals surface area contributed by atoms with Crippen LogP contribution in [0.1, 0.15) is 47.5 Å². The summed E-state index contributed by atoms with van der Waals surface area (Å²) < 4.78 is 0. The fourth-order valence-corrected chi connectivity index (χ4v) is 1.14. The van der Waals surface area contributed by atoms with Gasteiger partial charge in [0, 0.05) is 0 Å². The summed E-state index contributed by atoms with van der Waals surface area (Å²) in [6.07, 6.45) is 1.22. The van der Waals surface area contributed by atoms with Gasteiger partial charge in [-0.25, -0.2) is 0 Å². The van der Waals surface area contributed by atoms with E-state index in [-0.39, 0.29) is 0 Å². The first kappa shape index (κ1) is 14.4. The van der Waals surface area contributed by atoms with Gasteiger partial charge in [0.1, 0.15) is 11.2 Å². The van der Waals surface area contributed by atoms with Crippen molar-refractivity contribution in [2.75, 3.05) is 0 Å². The molecule has 0 aliphatic carbocycles. The van der Waals surface area contributed by atoms with E-state index in [1.807, 2.05) is 6.92 Å². The van der Waals surface area contributed by atoms with E-state index in [4.69, 9.17) is 0 Å². The van der Waals surface area contributed by atoms with E-state index in [2.05, 4.69) is 11.8 Å². The average molecular weight is 214 g/mol. The van der Waals surface area contributed by atoms with Gasteiger partial charge in [-0.05, 0) is 34.1 Å². The molecule has 0 bridgehead atoms. The van der Waals surface area contributed by atoms with Crippen LogP contribution in [0.2, 0.25) is 0 Å². The molecule has 0 aromatic carbocycles. The van der Waals surface area contributed by atoms with E-state index in [9.17, 15) is 15.3 Å². The van der Waals surface area contributed by atoms with Crippen molar-refractivity contribution in [1.29, 1.82) is 0 Å². The van der Waals surface area contributed by atoms with Gasteiger partial charge in [-0.15, -0.1) is 0 Å². The standard InChI is InChI=1S/C12H22O3/c1-6-7-11(4,14)12(5,15)9-8-10(2,3)13/h13-15H,6-7H2,1-5H3. The number of rotatable bonds is 3. The Morgan fingerprint density at radius 1 is 0.933 bits per heavy atom. The van der Waals surface area contributed by atoms with Crippen LogP contribution in [0, 0.1) is 11.8 Å². The quantitative estimate of drug-likeness (QED) is 0.616. The lowest BCUT2D eigenvalue weighted by atomic mass is 9.82. The Hall–Kier alpha value is -0.560. The van der Waals surface area contributed by atoms with Crippen LogP contribution in [0.15, 0.2) is 0 Å². The van der Waals surface area contributed by atoms with Crippen molar-refractivity contribution < 1.29 is 15.3 Å². The van der Waals surface area contributed by atoms with Crippen LogP contribution in [0.4, 0.5) is 0 Å². The largest absolute Gasteiger partial charge is 0.386 e. The molecule has 2 unspecified atom stereocenters. The second kappa shape index (κ2) is 4.52. The van der Waals surface area contributed by atoms with Crippen molar-refractivity contribution in [1.82, 2.24) is 0 Å². The first-order valence-corrected chi connectivity index (χ1v) is 5.23. The second-order valence-corrected chi connectivity index (χ2v) is 4.91. The van der Waals surface area contributed by atoms with Crippen LogP contribution in [0.5, 0.6) is 0 Å². The fraction of sp³-hybridized carbons (Fsp3) is 0.833. The zero-order chi connectivity index (χ0) is 12.3. The van der Waals surface area contributed by atoms with Crippen LogP contribution >= 0.6 is 0 Å². The third-order valence-electron chi connectivity index (χ3n) is 2.40. The zero-order valence-electron chi connectivity index (χ0n) is 10.3. The minimum absolute atomic E-state index is 0.459. The molecule has 0 aromatic heterocycles. The molecule has 2 atom stereocenters. The van der Waals surface area contributed by atoms with E-state index in [0.29, 0.717) is 6.42 Å². The third kappa shape index (κ3) is 4.65. The van der Waals surface area contributed by atoms with Crippen molar-refractivity contribution >= 4 is 0 Å². The van der Waals surface area contributed by atoms with Crippen LogP contribution in [0.3, 0.4) is 0 Å². The minimum Gasteiger partial charge on any atom is -0.386 e. The lowest BCUT2D eigenvalue weighted by Gasteiger charge is -2.34. The Bertz CT molecular complexity index is 261. The zero-order valence-corrected chi connectivity index (χ0v) is 10.3. The van der Waals surface area contributed by atoms with Crippen molar-refractivity contribution in [3.63, 3.8) is 0 Å². The van der Waals surface area contributed by atoms with Gasteiger partial charge in [-0.1, -0.05) is 25.2 Å². The lowest BCUT2D eigenvalue weighted by Crippen LogP contribution is -2.49. The summed E-state index contributed by atoms with van der Waals surface area (Å²) in [4.78, 5) is 0. The molecule has 3 heteroatoms. The molecule has 0 aliphatic heterocycles. The maximum Gasteiger partial charge on any atom is 0.150 e. The highest BCUT2D eigenvalue weighted by Gasteiger charge is 2.39. The van der Waals surface area contributed by atoms with Gasteiger partial charge in [0.2, 0.25) is 0 Å². The molecule has 0 saturated heterocycles. The molecular weight excluding hydrogens is 192 g/mol. The normalized spacial score (nSPS) is 19.7. The monoisotopic (exact) mass is 214 g/mol. The van der Waals surface area contributed by atoms with Crippen LogP contribution < -0.4 is 0 Å². The molecular formula is C12H22O3. The molecule has 3 nitrogen and oxygen atoms in total. The van der Waals surface area contributed by atoms with Gasteiger partial charge in [0.05, 0.1) is 0 Å². The first-order chi connectivity index (χ1) is 6.52. The Morgan fingerprint density at radius 2 is 1.40 bits per heavy atom. The number of aliphatic hydroxyl groups is 3. The predicted molar refractivity (Wildman–Crippen MR) is 60.2 cm³/mol. The molecule has 0 fully saturated rings. The Kier molecular flexibility index (Phi) is 4.36. The van der Waals surface area contributed by atoms with Gasteiger partial charge < -0.3 is 15.3 Å². The summed E-state index contributed by atoms with van der Waals surface area (Å²) >= 11 is 0. The highest BCUT2D eigenvalue weighted by Crippen LogP contribution is 2.26. The molecule has 88 valence electrons. The third-order valence-corrected chi connectivity index (χ3v) is 2.40. The maximum absolute atomic E-state index is 10.0. The van der Waals surface area contributed by atoms with Crippen molar-refractivity contribution in [2.45, 2.75) is 64.3 Å². The molecule has 0 saturated carbocycles. The Morgan fingerprint density at radius 3 is 1.73 bits per heavy atom. The van der Waals surface area contributed by atoms with E-state index in [0.717, 1.165) is 6.42 Å². The number of hydrogen-bond acceptors (Lipinski definition) is 3. The summed E-state index contributed by atoms with van der Waals surface area (Å²) in [6.45, 7) is 8.00. The maximum atomic E-state index is 10.0. The van der Waals surface area contributed by atoms with E-state index >= 15 is 0 Å². The van der Waals surface area contributed by atoms with E-state index in [1.54, 1.807) is 6.92 Å². The fourth-order valence-electron chi connectivity index (χ4n) is 1.14. The topological polar surface area (TPSA) is 60.7 Å². The van der Waals surface area contributed by atoms with Gasteiger partial charge in [-0.3, -0.25) is 0 Å². The molecule has 15 heavy (non-hydrogen) atoms. The van der Waals surface area contributed by atoms with Crippen LogP contribution in [0.25, 0.3) is 0 Å². The lowest BCUT2D eigenvalue weighted by molar-refractivity contribution is -0.1000. The molecule has 0 radical (unpaired) electrons. The summed E-state index contributed by atoms with van der Waals surface area (Å²) in [5.74, 6) is 5.05. The minimum atomic E-state index is -1.51. The van der Waals surface area contributed by atoms with Crippen molar-refractivity contribution in [2.24, 2.45) is 0 Å². The summed E-state index contributed by atoms with van der Waals surface area (Å²) in [5.41, 5.74) is -3.94. The van der Waals surface area contributed by atoms with Crippen LogP contribution in [-0.4, -0.2) is 32.1 Å². The van der Waals surface area contributed by atoms with Gasteiger partial charge >= 0.3 is 0 Å². The SMILES string of the molecule is CCCC(C)(O)C(C)(O)C#CC(C)(C)O. The van der Waals surface area contributed by atoms with Gasteiger partial charge in [0.15, 0.2) is 5.60 Å². The molecule has 0 aliphatic rings. The summed E-state index contributed by atoms with van der Waals surface area (Å²) in [7, 11) is 0. The molecule has 0 spiro atoms. The van der Waals surface area contributed by atoms with E-state index < -0.39 is 16.8 Å². The van der Waals surface area contributed by atoms with Gasteiger partial charge in [0.25, 0.3) is 0 Å². The van der Waals surface area contributed by atoms with Gasteiger partial charge in [-0.2, -0.15) is 0 Å². The highest BCUT2D eigenvalue weighted by atomic mass is 16.4. The molecule has 3 N–H and O–H groups in total. The number of hydrogen-bond donors (Lipinski definition) is 3. The summed E-state index contributed by atoms with van der Waals surface area (Å²) in [6, 6.07) is 0. The van der Waals surface area contributed by atoms with E-state index in [1.165, 1.54) is 20.8 Å². The smallest absolute Gasteiger partial charge is 0.150 e.